The van der Waals surface area contributed by atoms with Gasteiger partial charge in [0.1, 0.15) is 17.4 Å². The molecule has 0 bridgehead atoms. The predicted molar refractivity (Wildman–Crippen MR) is 86.7 cm³/mol. The minimum atomic E-state index is 0.732. The van der Waals surface area contributed by atoms with Crippen molar-refractivity contribution in [3.8, 4) is 0 Å². The second-order valence-electron chi connectivity index (χ2n) is 6.29. The van der Waals surface area contributed by atoms with Gasteiger partial charge in [0, 0.05) is 24.0 Å². The van der Waals surface area contributed by atoms with Crippen LogP contribution < -0.4 is 4.90 Å². The number of fused-ring (bicyclic) bond motifs is 3. The Balaban J connectivity index is 1.91. The maximum absolute atomic E-state index is 4.57. The third-order valence-electron chi connectivity index (χ3n) is 4.47. The minimum absolute atomic E-state index is 0.732. The highest BCUT2D eigenvalue weighted by atomic mass is 15.2. The Morgan fingerprint density at radius 1 is 1.29 bits per heavy atom. The fourth-order valence-electron chi connectivity index (χ4n) is 3.41. The van der Waals surface area contributed by atoms with E-state index in [0.29, 0.717) is 0 Å². The Kier molecular flexibility index (Phi) is 2.84. The SMILES string of the molecule is Cc1ccc2[nH]c3c(N4CCCC(C)C4)ncnc3c2c1. The highest BCUT2D eigenvalue weighted by molar-refractivity contribution is 6.08. The van der Waals surface area contributed by atoms with E-state index in [2.05, 4.69) is 51.9 Å². The molecule has 1 aliphatic rings. The van der Waals surface area contributed by atoms with Crippen LogP contribution in [0.1, 0.15) is 25.3 Å². The topological polar surface area (TPSA) is 44.8 Å². The molecule has 1 fully saturated rings. The van der Waals surface area contributed by atoms with Gasteiger partial charge in [-0.15, -0.1) is 0 Å². The molecular weight excluding hydrogens is 260 g/mol. The first-order valence-electron chi connectivity index (χ1n) is 7.70. The summed E-state index contributed by atoms with van der Waals surface area (Å²) < 4.78 is 0. The smallest absolute Gasteiger partial charge is 0.156 e. The summed E-state index contributed by atoms with van der Waals surface area (Å²) in [6, 6.07) is 6.46. The van der Waals surface area contributed by atoms with Crippen LogP contribution >= 0.6 is 0 Å². The number of aromatic nitrogens is 3. The normalized spacial score (nSPS) is 19.5. The molecule has 0 radical (unpaired) electrons. The molecule has 4 heteroatoms. The quantitative estimate of drug-likeness (QED) is 0.740. The van der Waals surface area contributed by atoms with Crippen molar-refractivity contribution in [3.05, 3.63) is 30.1 Å². The van der Waals surface area contributed by atoms with Crippen LogP contribution in [0, 0.1) is 12.8 Å². The third-order valence-corrected chi connectivity index (χ3v) is 4.47. The molecule has 0 aliphatic carbocycles. The number of piperidine rings is 1. The number of hydrogen-bond acceptors (Lipinski definition) is 3. The summed E-state index contributed by atoms with van der Waals surface area (Å²) in [5.41, 5.74) is 4.52. The molecule has 108 valence electrons. The second-order valence-corrected chi connectivity index (χ2v) is 6.29. The fourth-order valence-corrected chi connectivity index (χ4v) is 3.41. The Bertz CT molecular complexity index is 805. The van der Waals surface area contributed by atoms with Gasteiger partial charge in [-0.2, -0.15) is 0 Å². The number of rotatable bonds is 1. The molecule has 0 saturated carbocycles. The average molecular weight is 280 g/mol. The van der Waals surface area contributed by atoms with Gasteiger partial charge in [-0.05, 0) is 37.8 Å². The Hall–Kier alpha value is -2.10. The zero-order chi connectivity index (χ0) is 14.4. The van der Waals surface area contributed by atoms with Crippen LogP contribution in [-0.2, 0) is 0 Å². The Labute approximate surface area is 124 Å². The number of aromatic amines is 1. The van der Waals surface area contributed by atoms with Crippen molar-refractivity contribution < 1.29 is 0 Å². The first-order chi connectivity index (χ1) is 10.2. The van der Waals surface area contributed by atoms with E-state index in [1.54, 1.807) is 6.33 Å². The molecule has 1 aromatic carbocycles. The number of H-pyrrole nitrogens is 1. The van der Waals surface area contributed by atoms with Gasteiger partial charge in [0.2, 0.25) is 0 Å². The Morgan fingerprint density at radius 2 is 2.19 bits per heavy atom. The largest absolute Gasteiger partial charge is 0.355 e. The van der Waals surface area contributed by atoms with Gasteiger partial charge >= 0.3 is 0 Å². The second kappa shape index (κ2) is 4.72. The molecule has 0 amide bonds. The maximum Gasteiger partial charge on any atom is 0.156 e. The van der Waals surface area contributed by atoms with Crippen LogP contribution in [0.3, 0.4) is 0 Å². The summed E-state index contributed by atoms with van der Waals surface area (Å²) in [6.45, 7) is 6.61. The lowest BCUT2D eigenvalue weighted by molar-refractivity contribution is 0.445. The number of hydrogen-bond donors (Lipinski definition) is 1. The van der Waals surface area contributed by atoms with Crippen molar-refractivity contribution in [1.82, 2.24) is 15.0 Å². The third kappa shape index (κ3) is 2.06. The molecule has 1 aliphatic heterocycles. The molecule has 1 unspecified atom stereocenters. The van der Waals surface area contributed by atoms with Crippen LogP contribution in [0.25, 0.3) is 21.9 Å². The zero-order valence-corrected chi connectivity index (χ0v) is 12.6. The molecule has 3 aromatic rings. The van der Waals surface area contributed by atoms with Crippen molar-refractivity contribution in [1.29, 1.82) is 0 Å². The first-order valence-corrected chi connectivity index (χ1v) is 7.70. The van der Waals surface area contributed by atoms with Crippen molar-refractivity contribution in [2.45, 2.75) is 26.7 Å². The van der Waals surface area contributed by atoms with Crippen LogP contribution in [0.2, 0.25) is 0 Å². The summed E-state index contributed by atoms with van der Waals surface area (Å²) in [7, 11) is 0. The Morgan fingerprint density at radius 3 is 3.05 bits per heavy atom. The van der Waals surface area contributed by atoms with E-state index in [1.165, 1.54) is 23.8 Å². The number of nitrogens with zero attached hydrogens (tertiary/aromatic N) is 3. The highest BCUT2D eigenvalue weighted by Gasteiger charge is 2.21. The van der Waals surface area contributed by atoms with Gasteiger partial charge in [-0.3, -0.25) is 0 Å². The molecule has 1 saturated heterocycles. The molecule has 1 N–H and O–H groups in total. The number of nitrogens with one attached hydrogen (secondary N) is 1. The van der Waals surface area contributed by atoms with E-state index in [9.17, 15) is 0 Å². The highest BCUT2D eigenvalue weighted by Crippen LogP contribution is 2.31. The molecule has 0 spiro atoms. The maximum atomic E-state index is 4.57. The lowest BCUT2D eigenvalue weighted by Gasteiger charge is -2.31. The van der Waals surface area contributed by atoms with Crippen LogP contribution in [0.15, 0.2) is 24.5 Å². The van der Waals surface area contributed by atoms with E-state index in [0.717, 1.165) is 41.4 Å². The van der Waals surface area contributed by atoms with E-state index in [-0.39, 0.29) is 0 Å². The molecule has 4 nitrogen and oxygen atoms in total. The summed E-state index contributed by atoms with van der Waals surface area (Å²) in [5.74, 6) is 1.79. The molecule has 1 atom stereocenters. The molecule has 4 rings (SSSR count). The van der Waals surface area contributed by atoms with Gasteiger partial charge < -0.3 is 9.88 Å². The lowest BCUT2D eigenvalue weighted by Crippen LogP contribution is -2.35. The monoisotopic (exact) mass is 280 g/mol. The van der Waals surface area contributed by atoms with Crippen LogP contribution in [-0.4, -0.2) is 28.0 Å². The number of benzene rings is 1. The van der Waals surface area contributed by atoms with Crippen LogP contribution in [0.4, 0.5) is 5.82 Å². The predicted octanol–water partition coefficient (Wildman–Crippen LogP) is 3.66. The molecule has 21 heavy (non-hydrogen) atoms. The van der Waals surface area contributed by atoms with E-state index >= 15 is 0 Å². The van der Waals surface area contributed by atoms with E-state index < -0.39 is 0 Å². The fraction of sp³-hybridized carbons (Fsp3) is 0.412. The van der Waals surface area contributed by atoms with E-state index in [4.69, 9.17) is 0 Å². The van der Waals surface area contributed by atoms with Gasteiger partial charge in [-0.25, -0.2) is 9.97 Å². The summed E-state index contributed by atoms with van der Waals surface area (Å²) in [4.78, 5) is 15.0. The minimum Gasteiger partial charge on any atom is -0.355 e. The van der Waals surface area contributed by atoms with E-state index in [1.807, 2.05) is 0 Å². The average Bonchev–Trinajstić information content (AvgIpc) is 2.85. The van der Waals surface area contributed by atoms with Crippen molar-refractivity contribution in [3.63, 3.8) is 0 Å². The lowest BCUT2D eigenvalue weighted by atomic mass is 10.0. The summed E-state index contributed by atoms with van der Waals surface area (Å²) >= 11 is 0. The zero-order valence-electron chi connectivity index (χ0n) is 12.6. The number of anilines is 1. The van der Waals surface area contributed by atoms with Crippen molar-refractivity contribution in [2.24, 2.45) is 5.92 Å². The van der Waals surface area contributed by atoms with Crippen molar-refractivity contribution in [2.75, 3.05) is 18.0 Å². The van der Waals surface area contributed by atoms with Gasteiger partial charge in [-0.1, -0.05) is 18.6 Å². The summed E-state index contributed by atoms with van der Waals surface area (Å²) in [5, 5.41) is 1.19. The molecular formula is C17H20N4. The van der Waals surface area contributed by atoms with Crippen LogP contribution in [0.5, 0.6) is 0 Å². The standard InChI is InChI=1S/C17H20N4/c1-11-5-6-14-13(8-11)15-16(20-14)17(19-10-18-15)21-7-3-4-12(2)9-21/h5-6,8,10,12,20H,3-4,7,9H2,1-2H3. The summed E-state index contributed by atoms with van der Waals surface area (Å²) in [6.07, 6.45) is 4.26. The number of aryl methyl sites for hydroxylation is 1. The van der Waals surface area contributed by atoms with Gasteiger partial charge in [0.05, 0.1) is 0 Å². The van der Waals surface area contributed by atoms with Crippen molar-refractivity contribution >= 4 is 27.8 Å². The first kappa shape index (κ1) is 12.6. The van der Waals surface area contributed by atoms with Gasteiger partial charge in [0.15, 0.2) is 5.82 Å². The van der Waals surface area contributed by atoms with Gasteiger partial charge in [0.25, 0.3) is 0 Å². The molecule has 2 aromatic heterocycles. The molecule has 3 heterocycles.